The number of aromatic nitrogens is 3. The Balaban J connectivity index is 2.22. The molecule has 1 N–H and O–H groups in total. The van der Waals surface area contributed by atoms with Crippen molar-refractivity contribution in [1.29, 1.82) is 0 Å². The molecule has 78 valence electrons. The Kier molecular flexibility index (Phi) is 2.53. The zero-order valence-electron chi connectivity index (χ0n) is 8.47. The number of aliphatic hydroxyl groups excluding tert-OH is 1. The van der Waals surface area contributed by atoms with Crippen molar-refractivity contribution in [2.45, 2.75) is 30.1 Å². The summed E-state index contributed by atoms with van der Waals surface area (Å²) in [6.07, 6.45) is 6.41. The molecule has 2 rings (SSSR count). The summed E-state index contributed by atoms with van der Waals surface area (Å²) in [4.78, 5) is 4.10. The van der Waals surface area contributed by atoms with Crippen molar-refractivity contribution in [2.75, 3.05) is 6.26 Å². The summed E-state index contributed by atoms with van der Waals surface area (Å²) < 4.78 is 1.64. The van der Waals surface area contributed by atoms with Crippen LogP contribution in [0.1, 0.15) is 31.2 Å². The van der Waals surface area contributed by atoms with Crippen LogP contribution < -0.4 is 0 Å². The minimum atomic E-state index is -0.487. The summed E-state index contributed by atoms with van der Waals surface area (Å²) in [6, 6.07) is 0. The van der Waals surface area contributed by atoms with Gasteiger partial charge in [-0.25, -0.2) is 4.98 Å². The molecular formula is C9H15N3OS. The molecule has 0 bridgehead atoms. The van der Waals surface area contributed by atoms with Gasteiger partial charge in [0, 0.05) is 11.8 Å². The van der Waals surface area contributed by atoms with Crippen molar-refractivity contribution >= 4 is 11.8 Å². The van der Waals surface area contributed by atoms with Crippen LogP contribution in [0.25, 0.3) is 0 Å². The van der Waals surface area contributed by atoms with Crippen LogP contribution >= 0.6 is 11.8 Å². The minimum Gasteiger partial charge on any atom is -0.384 e. The molecule has 0 spiro atoms. The van der Waals surface area contributed by atoms with E-state index in [9.17, 15) is 5.11 Å². The highest BCUT2D eigenvalue weighted by Gasteiger charge is 2.45. The van der Waals surface area contributed by atoms with E-state index in [0.717, 1.165) is 12.8 Å². The van der Waals surface area contributed by atoms with E-state index in [2.05, 4.69) is 16.3 Å². The number of hydrogen-bond acceptors (Lipinski definition) is 4. The monoisotopic (exact) mass is 213 g/mol. The molecule has 0 aliphatic heterocycles. The lowest BCUT2D eigenvalue weighted by atomic mass is 9.79. The first-order valence-electron chi connectivity index (χ1n) is 4.77. The zero-order valence-corrected chi connectivity index (χ0v) is 9.29. The van der Waals surface area contributed by atoms with Crippen molar-refractivity contribution < 1.29 is 5.11 Å². The number of nitrogens with zero attached hydrogens (tertiary/aromatic N) is 3. The molecule has 4 nitrogen and oxygen atoms in total. The van der Waals surface area contributed by atoms with Crippen molar-refractivity contribution in [3.63, 3.8) is 0 Å². The van der Waals surface area contributed by atoms with Gasteiger partial charge >= 0.3 is 0 Å². The van der Waals surface area contributed by atoms with Gasteiger partial charge in [0.15, 0.2) is 5.82 Å². The Morgan fingerprint density at radius 2 is 2.36 bits per heavy atom. The van der Waals surface area contributed by atoms with E-state index in [1.807, 2.05) is 7.05 Å². The second-order valence-electron chi connectivity index (χ2n) is 3.77. The number of aryl methyl sites for hydroxylation is 1. The fraction of sp³-hybridized carbons (Fsp3) is 0.778. The molecule has 1 fully saturated rings. The second kappa shape index (κ2) is 3.55. The number of hydrogen-bond donors (Lipinski definition) is 1. The third-order valence-electron chi connectivity index (χ3n) is 3.10. The molecule has 1 aromatic heterocycles. The van der Waals surface area contributed by atoms with Gasteiger partial charge in [0.05, 0.1) is 0 Å². The number of aliphatic hydroxyl groups is 1. The predicted molar refractivity (Wildman–Crippen MR) is 56.1 cm³/mol. The first kappa shape index (κ1) is 9.98. The van der Waals surface area contributed by atoms with Crippen LogP contribution in [0.5, 0.6) is 0 Å². The van der Waals surface area contributed by atoms with E-state index in [-0.39, 0.29) is 4.75 Å². The summed E-state index contributed by atoms with van der Waals surface area (Å²) in [5, 5.41) is 14.2. The molecular weight excluding hydrogens is 198 g/mol. The normalized spacial score (nSPS) is 21.6. The van der Waals surface area contributed by atoms with E-state index < -0.39 is 6.10 Å². The van der Waals surface area contributed by atoms with Gasteiger partial charge < -0.3 is 5.11 Å². The van der Waals surface area contributed by atoms with Crippen LogP contribution in [0.4, 0.5) is 0 Å². The Bertz CT molecular complexity index is 316. The van der Waals surface area contributed by atoms with Crippen molar-refractivity contribution in [3.8, 4) is 0 Å². The van der Waals surface area contributed by atoms with Crippen LogP contribution in [-0.2, 0) is 7.05 Å². The Morgan fingerprint density at radius 3 is 2.71 bits per heavy atom. The molecule has 0 saturated heterocycles. The van der Waals surface area contributed by atoms with Gasteiger partial charge in [-0.3, -0.25) is 4.68 Å². The molecule has 1 aliphatic carbocycles. The van der Waals surface area contributed by atoms with Gasteiger partial charge in [0.2, 0.25) is 0 Å². The SMILES string of the molecule is CSC1(C(O)c2ncnn2C)CCC1. The summed E-state index contributed by atoms with van der Waals surface area (Å²) >= 11 is 1.74. The van der Waals surface area contributed by atoms with E-state index in [0.29, 0.717) is 5.82 Å². The highest BCUT2D eigenvalue weighted by atomic mass is 32.2. The fourth-order valence-corrected chi connectivity index (χ4v) is 2.93. The molecule has 5 heteroatoms. The quantitative estimate of drug-likeness (QED) is 0.818. The van der Waals surface area contributed by atoms with E-state index in [1.165, 1.54) is 12.7 Å². The highest BCUT2D eigenvalue weighted by Crippen LogP contribution is 2.50. The fourth-order valence-electron chi connectivity index (χ4n) is 1.90. The smallest absolute Gasteiger partial charge is 0.156 e. The Hall–Kier alpha value is -0.550. The van der Waals surface area contributed by atoms with Gasteiger partial charge in [0.25, 0.3) is 0 Å². The highest BCUT2D eigenvalue weighted by molar-refractivity contribution is 8.00. The first-order chi connectivity index (χ1) is 6.69. The van der Waals surface area contributed by atoms with Crippen LogP contribution in [-0.4, -0.2) is 30.9 Å². The molecule has 0 radical (unpaired) electrons. The lowest BCUT2D eigenvalue weighted by molar-refractivity contribution is 0.0769. The van der Waals surface area contributed by atoms with Crippen LogP contribution in [0, 0.1) is 0 Å². The maximum absolute atomic E-state index is 10.2. The van der Waals surface area contributed by atoms with Gasteiger partial charge in [-0.15, -0.1) is 0 Å². The lowest BCUT2D eigenvalue weighted by Crippen LogP contribution is -2.40. The predicted octanol–water partition coefficient (Wildman–Crippen LogP) is 1.13. The van der Waals surface area contributed by atoms with Crippen LogP contribution in [0.3, 0.4) is 0 Å². The van der Waals surface area contributed by atoms with Crippen molar-refractivity contribution in [1.82, 2.24) is 14.8 Å². The van der Waals surface area contributed by atoms with Crippen molar-refractivity contribution in [3.05, 3.63) is 12.2 Å². The Morgan fingerprint density at radius 1 is 1.64 bits per heavy atom. The van der Waals surface area contributed by atoms with Gasteiger partial charge in [-0.05, 0) is 19.1 Å². The summed E-state index contributed by atoms with van der Waals surface area (Å²) in [5.74, 6) is 0.680. The van der Waals surface area contributed by atoms with E-state index in [4.69, 9.17) is 0 Å². The molecule has 1 unspecified atom stereocenters. The van der Waals surface area contributed by atoms with Gasteiger partial charge in [-0.2, -0.15) is 16.9 Å². The minimum absolute atomic E-state index is 0.0131. The third kappa shape index (κ3) is 1.35. The molecule has 1 aliphatic rings. The molecule has 1 saturated carbocycles. The molecule has 1 atom stereocenters. The van der Waals surface area contributed by atoms with Gasteiger partial charge in [0.1, 0.15) is 12.4 Å². The largest absolute Gasteiger partial charge is 0.384 e. The molecule has 1 aromatic rings. The van der Waals surface area contributed by atoms with E-state index >= 15 is 0 Å². The lowest BCUT2D eigenvalue weighted by Gasteiger charge is -2.43. The molecule has 0 amide bonds. The van der Waals surface area contributed by atoms with E-state index in [1.54, 1.807) is 16.4 Å². The summed E-state index contributed by atoms with van der Waals surface area (Å²) in [6.45, 7) is 0. The topological polar surface area (TPSA) is 50.9 Å². The van der Waals surface area contributed by atoms with Gasteiger partial charge in [-0.1, -0.05) is 6.42 Å². The maximum atomic E-state index is 10.2. The maximum Gasteiger partial charge on any atom is 0.156 e. The molecule has 0 aromatic carbocycles. The van der Waals surface area contributed by atoms with Crippen LogP contribution in [0.15, 0.2) is 6.33 Å². The zero-order chi connectivity index (χ0) is 10.2. The number of rotatable bonds is 3. The summed E-state index contributed by atoms with van der Waals surface area (Å²) in [5.41, 5.74) is 0. The first-order valence-corrected chi connectivity index (χ1v) is 5.99. The van der Waals surface area contributed by atoms with Crippen LogP contribution in [0.2, 0.25) is 0 Å². The molecule has 14 heavy (non-hydrogen) atoms. The van der Waals surface area contributed by atoms with Crippen molar-refractivity contribution in [2.24, 2.45) is 7.05 Å². The average molecular weight is 213 g/mol. The molecule has 1 heterocycles. The third-order valence-corrected chi connectivity index (χ3v) is 4.54. The Labute approximate surface area is 87.7 Å². The second-order valence-corrected chi connectivity index (χ2v) is 4.99. The number of thioether (sulfide) groups is 1. The average Bonchev–Trinajstić information content (AvgIpc) is 2.50. The standard InChI is InChI=1S/C9H15N3OS/c1-12-8(10-6-11-12)7(13)9(14-2)4-3-5-9/h6-7,13H,3-5H2,1-2H3. The summed E-state index contributed by atoms with van der Waals surface area (Å²) in [7, 11) is 1.82.